The SMILES string of the molecule is O=C(CCc1ccc(-c2cccc([N+](=O)[O-])c2)o1)Nc1cccc([N+](=O)[O-])c1. The number of nitro groups is 2. The first-order valence-electron chi connectivity index (χ1n) is 8.30. The van der Waals surface area contributed by atoms with Crippen LogP contribution in [0.2, 0.25) is 0 Å². The molecule has 0 unspecified atom stereocenters. The number of carbonyl (C=O) groups is 1. The van der Waals surface area contributed by atoms with Gasteiger partial charge in [0.25, 0.3) is 11.4 Å². The van der Waals surface area contributed by atoms with Gasteiger partial charge in [0.2, 0.25) is 5.91 Å². The van der Waals surface area contributed by atoms with Gasteiger partial charge >= 0.3 is 0 Å². The van der Waals surface area contributed by atoms with Crippen LogP contribution in [0.4, 0.5) is 17.1 Å². The summed E-state index contributed by atoms with van der Waals surface area (Å²) in [5, 5.41) is 24.2. The number of amides is 1. The molecule has 0 aliphatic heterocycles. The number of nitrogens with one attached hydrogen (secondary N) is 1. The van der Waals surface area contributed by atoms with E-state index in [-0.39, 0.29) is 23.7 Å². The van der Waals surface area contributed by atoms with Crippen molar-refractivity contribution in [2.45, 2.75) is 12.8 Å². The van der Waals surface area contributed by atoms with Crippen molar-refractivity contribution in [1.29, 1.82) is 0 Å². The van der Waals surface area contributed by atoms with E-state index in [1.54, 1.807) is 30.3 Å². The third kappa shape index (κ3) is 4.58. The summed E-state index contributed by atoms with van der Waals surface area (Å²) in [6, 6.07) is 15.2. The Morgan fingerprint density at radius 1 is 0.929 bits per heavy atom. The van der Waals surface area contributed by atoms with E-state index in [9.17, 15) is 25.0 Å². The van der Waals surface area contributed by atoms with Crippen LogP contribution >= 0.6 is 0 Å². The van der Waals surface area contributed by atoms with Crippen LogP contribution in [-0.4, -0.2) is 15.8 Å². The minimum absolute atomic E-state index is 0.0354. The van der Waals surface area contributed by atoms with Gasteiger partial charge in [-0.15, -0.1) is 0 Å². The second-order valence-corrected chi connectivity index (χ2v) is 5.93. The van der Waals surface area contributed by atoms with Gasteiger partial charge in [-0.05, 0) is 18.2 Å². The fraction of sp³-hybridized carbons (Fsp3) is 0.105. The Hall–Kier alpha value is -4.01. The zero-order valence-corrected chi connectivity index (χ0v) is 14.5. The van der Waals surface area contributed by atoms with E-state index < -0.39 is 9.85 Å². The van der Waals surface area contributed by atoms with E-state index in [4.69, 9.17) is 4.42 Å². The lowest BCUT2D eigenvalue weighted by molar-refractivity contribution is -0.385. The molecule has 0 fully saturated rings. The van der Waals surface area contributed by atoms with Crippen molar-refractivity contribution in [3.8, 4) is 11.3 Å². The molecule has 0 radical (unpaired) electrons. The minimum Gasteiger partial charge on any atom is -0.461 e. The van der Waals surface area contributed by atoms with E-state index in [0.29, 0.717) is 29.2 Å². The third-order valence-corrected chi connectivity index (χ3v) is 3.94. The molecule has 0 spiro atoms. The fourth-order valence-electron chi connectivity index (χ4n) is 2.60. The number of furan rings is 1. The molecule has 28 heavy (non-hydrogen) atoms. The topological polar surface area (TPSA) is 129 Å². The van der Waals surface area contributed by atoms with Crippen LogP contribution < -0.4 is 5.32 Å². The van der Waals surface area contributed by atoms with E-state index in [0.717, 1.165) is 0 Å². The summed E-state index contributed by atoms with van der Waals surface area (Å²) in [5.74, 6) is 0.710. The molecule has 1 aromatic heterocycles. The average Bonchev–Trinajstić information content (AvgIpc) is 3.16. The highest BCUT2D eigenvalue weighted by molar-refractivity contribution is 5.91. The molecule has 3 rings (SSSR count). The second kappa shape index (κ2) is 8.12. The molecule has 1 N–H and O–H groups in total. The number of hydrogen-bond acceptors (Lipinski definition) is 6. The first kappa shape index (κ1) is 18.8. The molecule has 0 saturated carbocycles. The molecule has 142 valence electrons. The molecular formula is C19H15N3O6. The minimum atomic E-state index is -0.534. The van der Waals surface area contributed by atoms with Crippen LogP contribution in [0.15, 0.2) is 65.1 Å². The Kier molecular flexibility index (Phi) is 5.45. The van der Waals surface area contributed by atoms with Crippen molar-refractivity contribution < 1.29 is 19.1 Å². The Balaban J connectivity index is 1.60. The predicted molar refractivity (Wildman–Crippen MR) is 101 cm³/mol. The smallest absolute Gasteiger partial charge is 0.271 e. The third-order valence-electron chi connectivity index (χ3n) is 3.94. The van der Waals surface area contributed by atoms with Crippen molar-refractivity contribution >= 4 is 23.0 Å². The fourth-order valence-corrected chi connectivity index (χ4v) is 2.60. The lowest BCUT2D eigenvalue weighted by Crippen LogP contribution is -2.12. The van der Waals surface area contributed by atoms with E-state index in [1.165, 1.54) is 30.3 Å². The van der Waals surface area contributed by atoms with Gasteiger partial charge in [-0.25, -0.2) is 0 Å². The number of nitrogens with zero attached hydrogens (tertiary/aromatic N) is 2. The monoisotopic (exact) mass is 381 g/mol. The Morgan fingerprint density at radius 2 is 1.61 bits per heavy atom. The maximum atomic E-state index is 12.1. The summed E-state index contributed by atoms with van der Waals surface area (Å²) >= 11 is 0. The zero-order valence-electron chi connectivity index (χ0n) is 14.5. The molecule has 3 aromatic rings. The van der Waals surface area contributed by atoms with Gasteiger partial charge < -0.3 is 9.73 Å². The van der Waals surface area contributed by atoms with E-state index in [1.807, 2.05) is 0 Å². The van der Waals surface area contributed by atoms with Gasteiger partial charge in [-0.3, -0.25) is 25.0 Å². The highest BCUT2D eigenvalue weighted by Crippen LogP contribution is 2.26. The maximum Gasteiger partial charge on any atom is 0.271 e. The van der Waals surface area contributed by atoms with Crippen molar-refractivity contribution in [2.75, 3.05) is 5.32 Å². The second-order valence-electron chi connectivity index (χ2n) is 5.93. The standard InChI is InChI=1S/C19H15N3O6/c23-19(20-14-4-2-6-16(12-14)22(26)27)10-8-17-7-9-18(28-17)13-3-1-5-15(11-13)21(24)25/h1-7,9,11-12H,8,10H2,(H,20,23). The normalized spacial score (nSPS) is 10.4. The van der Waals surface area contributed by atoms with Gasteiger partial charge in [0.1, 0.15) is 11.5 Å². The molecule has 0 bridgehead atoms. The van der Waals surface area contributed by atoms with Gasteiger partial charge in [0.15, 0.2) is 0 Å². The Bertz CT molecular complexity index is 1040. The maximum absolute atomic E-state index is 12.1. The summed E-state index contributed by atoms with van der Waals surface area (Å²) < 4.78 is 5.66. The van der Waals surface area contributed by atoms with Crippen LogP contribution in [-0.2, 0) is 11.2 Å². The van der Waals surface area contributed by atoms with Crippen LogP contribution in [0.5, 0.6) is 0 Å². The molecular weight excluding hydrogens is 366 g/mol. The van der Waals surface area contributed by atoms with Crippen LogP contribution in [0.25, 0.3) is 11.3 Å². The summed E-state index contributed by atoms with van der Waals surface area (Å²) in [4.78, 5) is 32.7. The molecule has 0 aliphatic carbocycles. The molecule has 2 aromatic carbocycles. The first-order valence-corrected chi connectivity index (χ1v) is 8.30. The van der Waals surface area contributed by atoms with Gasteiger partial charge in [-0.1, -0.05) is 18.2 Å². The number of aryl methyl sites for hydroxylation is 1. The van der Waals surface area contributed by atoms with Crippen molar-refractivity contribution in [1.82, 2.24) is 0 Å². The Labute approximate surface area is 158 Å². The number of anilines is 1. The summed E-state index contributed by atoms with van der Waals surface area (Å²) in [6.07, 6.45) is 0.431. The molecule has 9 heteroatoms. The average molecular weight is 381 g/mol. The van der Waals surface area contributed by atoms with E-state index in [2.05, 4.69) is 5.32 Å². The number of rotatable bonds is 7. The quantitative estimate of drug-likeness (QED) is 0.479. The molecule has 0 atom stereocenters. The van der Waals surface area contributed by atoms with Crippen LogP contribution in [0, 0.1) is 20.2 Å². The molecule has 9 nitrogen and oxygen atoms in total. The lowest BCUT2D eigenvalue weighted by atomic mass is 10.1. The lowest BCUT2D eigenvalue weighted by Gasteiger charge is -2.04. The summed E-state index contributed by atoms with van der Waals surface area (Å²) in [6.45, 7) is 0. The van der Waals surface area contributed by atoms with Gasteiger partial charge in [0.05, 0.1) is 9.85 Å². The number of nitro benzene ring substituents is 2. The number of non-ortho nitro benzene ring substituents is 2. The van der Waals surface area contributed by atoms with E-state index >= 15 is 0 Å². The summed E-state index contributed by atoms with van der Waals surface area (Å²) in [5.41, 5.74) is 0.773. The molecule has 0 saturated heterocycles. The zero-order chi connectivity index (χ0) is 20.1. The van der Waals surface area contributed by atoms with Crippen molar-refractivity contribution in [2.24, 2.45) is 0 Å². The first-order chi connectivity index (χ1) is 13.4. The molecule has 0 aliphatic rings. The van der Waals surface area contributed by atoms with Gasteiger partial charge in [-0.2, -0.15) is 0 Å². The van der Waals surface area contributed by atoms with Crippen LogP contribution in [0.3, 0.4) is 0 Å². The number of benzene rings is 2. The highest BCUT2D eigenvalue weighted by atomic mass is 16.6. The number of carbonyl (C=O) groups excluding carboxylic acids is 1. The Morgan fingerprint density at radius 3 is 2.32 bits per heavy atom. The van der Waals surface area contributed by atoms with Gasteiger partial charge in [0, 0.05) is 48.4 Å². The predicted octanol–water partition coefficient (Wildman–Crippen LogP) is 4.33. The largest absolute Gasteiger partial charge is 0.461 e. The van der Waals surface area contributed by atoms with Crippen LogP contribution in [0.1, 0.15) is 12.2 Å². The number of hydrogen-bond donors (Lipinski definition) is 1. The summed E-state index contributed by atoms with van der Waals surface area (Å²) in [7, 11) is 0. The highest BCUT2D eigenvalue weighted by Gasteiger charge is 2.12. The van der Waals surface area contributed by atoms with Crippen molar-refractivity contribution in [3.63, 3.8) is 0 Å². The molecule has 1 heterocycles. The molecule has 1 amide bonds. The van der Waals surface area contributed by atoms with Crippen molar-refractivity contribution in [3.05, 3.63) is 86.7 Å².